The molecule has 0 aromatic carbocycles. The Morgan fingerprint density at radius 3 is 1.21 bits per heavy atom. The molecule has 14 heteroatoms. The zero-order valence-corrected chi connectivity index (χ0v) is 40.5. The van der Waals surface area contributed by atoms with E-state index in [1.807, 2.05) is 0 Å². The molecule has 0 bridgehead atoms. The molecule has 0 aromatic heterocycles. The summed E-state index contributed by atoms with van der Waals surface area (Å²) in [7, 11) is -5.11. The molecular formula is C49H93O13P. The first-order valence-corrected chi connectivity index (χ1v) is 27.0. The van der Waals surface area contributed by atoms with Crippen LogP contribution in [0.4, 0.5) is 0 Å². The van der Waals surface area contributed by atoms with Crippen molar-refractivity contribution in [2.75, 3.05) is 13.2 Å². The van der Waals surface area contributed by atoms with E-state index in [1.165, 1.54) is 154 Å². The van der Waals surface area contributed by atoms with Crippen LogP contribution in [-0.2, 0) is 32.7 Å². The first-order valence-electron chi connectivity index (χ1n) is 25.5. The van der Waals surface area contributed by atoms with E-state index in [0.717, 1.165) is 38.5 Å². The van der Waals surface area contributed by atoms with Crippen LogP contribution >= 0.6 is 7.82 Å². The molecule has 0 heterocycles. The van der Waals surface area contributed by atoms with Crippen LogP contribution < -0.4 is 0 Å². The summed E-state index contributed by atoms with van der Waals surface area (Å²) in [6.45, 7) is 3.32. The number of aliphatic hydroxyl groups excluding tert-OH is 5. The number of ether oxygens (including phenoxy) is 2. The predicted molar refractivity (Wildman–Crippen MR) is 249 cm³/mol. The predicted octanol–water partition coefficient (Wildman–Crippen LogP) is 10.6. The van der Waals surface area contributed by atoms with Gasteiger partial charge in [-0.15, -0.1) is 0 Å². The average Bonchev–Trinajstić information content (AvgIpc) is 3.26. The molecule has 0 aliphatic heterocycles. The van der Waals surface area contributed by atoms with Gasteiger partial charge in [-0.2, -0.15) is 0 Å². The van der Waals surface area contributed by atoms with E-state index in [9.17, 15) is 44.6 Å². The molecular weight excluding hydrogens is 827 g/mol. The van der Waals surface area contributed by atoms with Crippen molar-refractivity contribution in [2.45, 2.75) is 275 Å². The van der Waals surface area contributed by atoms with Gasteiger partial charge in [0.25, 0.3) is 0 Å². The number of phosphoric acid groups is 1. The summed E-state index contributed by atoms with van der Waals surface area (Å²) in [6.07, 6.45) is 29.8. The number of allylic oxidation sites excluding steroid dienone is 2. The van der Waals surface area contributed by atoms with Crippen LogP contribution in [0.25, 0.3) is 0 Å². The first-order chi connectivity index (χ1) is 30.4. The Morgan fingerprint density at radius 1 is 0.476 bits per heavy atom. The lowest BCUT2D eigenvalue weighted by Crippen LogP contribution is -2.64. The SMILES string of the molecule is CCCCCCCC/C=C/CCCCCCCCCCCCCC(=O)OC[C@@H](COP(=O)(O)OC1C(O)C(O)C(O)[C@H](O)C1O)OC(=O)CCCCCCCCCCCCCCC. The number of phosphoric ester groups is 1. The minimum atomic E-state index is -5.11. The van der Waals surface area contributed by atoms with Crippen molar-refractivity contribution in [3.8, 4) is 0 Å². The Labute approximate surface area is 382 Å². The largest absolute Gasteiger partial charge is 0.472 e. The van der Waals surface area contributed by atoms with Crippen LogP contribution in [0.5, 0.6) is 0 Å². The summed E-state index contributed by atoms with van der Waals surface area (Å²) >= 11 is 0. The van der Waals surface area contributed by atoms with Gasteiger partial charge in [-0.3, -0.25) is 18.6 Å². The number of carbonyl (C=O) groups excluding carboxylic acids is 2. The molecule has 1 fully saturated rings. The number of carbonyl (C=O) groups is 2. The van der Waals surface area contributed by atoms with Gasteiger partial charge in [-0.25, -0.2) is 4.57 Å². The molecule has 1 aliphatic rings. The van der Waals surface area contributed by atoms with Crippen LogP contribution in [0.15, 0.2) is 12.2 Å². The van der Waals surface area contributed by atoms with Gasteiger partial charge in [0, 0.05) is 12.8 Å². The van der Waals surface area contributed by atoms with Crippen molar-refractivity contribution in [2.24, 2.45) is 0 Å². The first kappa shape index (κ1) is 59.6. The number of aliphatic hydroxyl groups is 5. The monoisotopic (exact) mass is 921 g/mol. The van der Waals surface area contributed by atoms with E-state index in [-0.39, 0.29) is 12.8 Å². The Balaban J connectivity index is 2.36. The Morgan fingerprint density at radius 2 is 0.810 bits per heavy atom. The van der Waals surface area contributed by atoms with Crippen LogP contribution in [0.2, 0.25) is 0 Å². The van der Waals surface area contributed by atoms with Crippen LogP contribution in [0.1, 0.15) is 232 Å². The van der Waals surface area contributed by atoms with E-state index in [0.29, 0.717) is 12.8 Å². The molecule has 8 atom stereocenters. The van der Waals surface area contributed by atoms with Crippen molar-refractivity contribution < 1.29 is 63.1 Å². The molecule has 372 valence electrons. The highest BCUT2D eigenvalue weighted by Crippen LogP contribution is 2.47. The van der Waals surface area contributed by atoms with Crippen LogP contribution in [0, 0.1) is 0 Å². The zero-order valence-electron chi connectivity index (χ0n) is 39.6. The molecule has 1 saturated carbocycles. The summed E-state index contributed by atoms with van der Waals surface area (Å²) in [6, 6.07) is 0. The highest BCUT2D eigenvalue weighted by Gasteiger charge is 2.51. The van der Waals surface area contributed by atoms with Gasteiger partial charge in [0.05, 0.1) is 6.61 Å². The van der Waals surface area contributed by atoms with Crippen molar-refractivity contribution in [3.63, 3.8) is 0 Å². The van der Waals surface area contributed by atoms with E-state index < -0.39 is 75.7 Å². The smallest absolute Gasteiger partial charge is 0.462 e. The summed E-state index contributed by atoms with van der Waals surface area (Å²) in [5, 5.41) is 50.2. The molecule has 6 N–H and O–H groups in total. The van der Waals surface area contributed by atoms with Crippen molar-refractivity contribution in [3.05, 3.63) is 12.2 Å². The molecule has 13 nitrogen and oxygen atoms in total. The second kappa shape index (κ2) is 39.7. The molecule has 6 unspecified atom stereocenters. The third kappa shape index (κ3) is 32.0. The Hall–Kier alpha value is -1.41. The van der Waals surface area contributed by atoms with E-state index in [4.69, 9.17) is 18.5 Å². The van der Waals surface area contributed by atoms with E-state index in [1.54, 1.807) is 0 Å². The van der Waals surface area contributed by atoms with Gasteiger partial charge < -0.3 is 39.9 Å². The number of esters is 2. The van der Waals surface area contributed by atoms with Crippen molar-refractivity contribution in [1.82, 2.24) is 0 Å². The fourth-order valence-electron chi connectivity index (χ4n) is 7.99. The number of rotatable bonds is 43. The quantitative estimate of drug-likeness (QED) is 0.0146. The lowest BCUT2D eigenvalue weighted by atomic mass is 9.85. The highest BCUT2D eigenvalue weighted by molar-refractivity contribution is 7.47. The third-order valence-corrected chi connectivity index (χ3v) is 13.1. The van der Waals surface area contributed by atoms with Crippen molar-refractivity contribution >= 4 is 19.8 Å². The zero-order chi connectivity index (χ0) is 46.4. The average molecular weight is 921 g/mol. The normalized spacial score (nSPS) is 21.7. The highest BCUT2D eigenvalue weighted by atomic mass is 31.2. The fourth-order valence-corrected chi connectivity index (χ4v) is 8.96. The molecule has 0 amide bonds. The minimum Gasteiger partial charge on any atom is -0.462 e. The second-order valence-electron chi connectivity index (χ2n) is 18.0. The van der Waals surface area contributed by atoms with Gasteiger partial charge in [0.15, 0.2) is 6.10 Å². The maximum atomic E-state index is 12.8. The topological polar surface area (TPSA) is 210 Å². The maximum Gasteiger partial charge on any atom is 0.472 e. The Bertz CT molecular complexity index is 1160. The fraction of sp³-hybridized carbons (Fsp3) is 0.918. The van der Waals surface area contributed by atoms with Gasteiger partial charge in [0.2, 0.25) is 0 Å². The molecule has 0 aromatic rings. The summed E-state index contributed by atoms with van der Waals surface area (Å²) in [5.74, 6) is -1.09. The molecule has 1 aliphatic carbocycles. The molecule has 0 saturated heterocycles. The molecule has 1 rings (SSSR count). The summed E-state index contributed by atoms with van der Waals surface area (Å²) in [5.41, 5.74) is 0. The summed E-state index contributed by atoms with van der Waals surface area (Å²) in [4.78, 5) is 35.8. The van der Waals surface area contributed by atoms with Gasteiger partial charge in [-0.1, -0.05) is 193 Å². The van der Waals surface area contributed by atoms with Gasteiger partial charge >= 0.3 is 19.8 Å². The molecule has 63 heavy (non-hydrogen) atoms. The Kier molecular flexibility index (Phi) is 37.6. The minimum absolute atomic E-state index is 0.102. The van der Waals surface area contributed by atoms with Crippen LogP contribution in [-0.4, -0.2) is 98.3 Å². The van der Waals surface area contributed by atoms with E-state index >= 15 is 0 Å². The lowest BCUT2D eigenvalue weighted by molar-refractivity contribution is -0.220. The van der Waals surface area contributed by atoms with Gasteiger partial charge in [-0.05, 0) is 38.5 Å². The van der Waals surface area contributed by atoms with Gasteiger partial charge in [0.1, 0.15) is 43.2 Å². The standard InChI is InChI=1S/C49H93O13P/c1-3-5-7-9-11-13-15-17-18-19-20-21-22-23-24-26-27-29-31-33-35-37-42(50)59-39-41(40-60-63(57,58)62-49-47(55)45(53)44(52)46(54)48(49)56)61-43(51)38-36-34-32-30-28-25-16-14-12-10-8-6-4-2/h17-18,41,44-49,52-56H,3-16,19-40H2,1-2H3,(H,57,58)/b18-17+/t41-,44?,45-,46?,47?,48?,49?/m0/s1. The number of hydrogen-bond acceptors (Lipinski definition) is 12. The molecule has 0 spiro atoms. The maximum absolute atomic E-state index is 12.8. The third-order valence-electron chi connectivity index (χ3n) is 12.1. The molecule has 0 radical (unpaired) electrons. The summed E-state index contributed by atoms with van der Waals surface area (Å²) < 4.78 is 33.6. The lowest BCUT2D eigenvalue weighted by Gasteiger charge is -2.41. The van der Waals surface area contributed by atoms with Crippen molar-refractivity contribution in [1.29, 1.82) is 0 Å². The number of hydrogen-bond donors (Lipinski definition) is 6. The second-order valence-corrected chi connectivity index (χ2v) is 19.4. The van der Waals surface area contributed by atoms with Crippen LogP contribution in [0.3, 0.4) is 0 Å². The van der Waals surface area contributed by atoms with E-state index in [2.05, 4.69) is 26.0 Å². The number of unbranched alkanes of at least 4 members (excludes halogenated alkanes) is 29.